The van der Waals surface area contributed by atoms with E-state index in [-0.39, 0.29) is 0 Å². The van der Waals surface area contributed by atoms with Gasteiger partial charge in [-0.25, -0.2) is 0 Å². The lowest BCUT2D eigenvalue weighted by Crippen LogP contribution is -2.37. The second-order valence-corrected chi connectivity index (χ2v) is 12.0. The van der Waals surface area contributed by atoms with Crippen molar-refractivity contribution in [1.29, 1.82) is 0 Å². The van der Waals surface area contributed by atoms with Crippen LogP contribution in [0.2, 0.25) is 0 Å². The van der Waals surface area contributed by atoms with Crippen LogP contribution in [-0.4, -0.2) is 32.6 Å². The largest absolute Gasteiger partial charge is 0.393 e. The number of allylic oxidation sites excluding steroid dienone is 3. The van der Waals surface area contributed by atoms with Crippen LogP contribution < -0.4 is 0 Å². The van der Waals surface area contributed by atoms with E-state index in [1.54, 1.807) is 12.5 Å². The van der Waals surface area contributed by atoms with Gasteiger partial charge in [0.2, 0.25) is 0 Å². The molecule has 0 amide bonds. The lowest BCUT2D eigenvalue weighted by molar-refractivity contribution is 0.0204. The van der Waals surface area contributed by atoms with Crippen LogP contribution in [-0.2, 0) is 0 Å². The summed E-state index contributed by atoms with van der Waals surface area (Å²) in [5.41, 5.74) is 2.11. The Balaban J connectivity index is 1.72. The highest BCUT2D eigenvalue weighted by molar-refractivity contribution is 5.41. The van der Waals surface area contributed by atoms with E-state index in [0.717, 1.165) is 36.3 Å². The molecule has 3 aliphatic carbocycles. The Labute approximate surface area is 190 Å². The van der Waals surface area contributed by atoms with Crippen molar-refractivity contribution in [2.45, 2.75) is 116 Å². The third kappa shape index (κ3) is 5.54. The van der Waals surface area contributed by atoms with E-state index in [4.69, 9.17) is 0 Å². The van der Waals surface area contributed by atoms with Crippen molar-refractivity contribution in [1.82, 2.24) is 0 Å². The molecule has 0 bridgehead atoms. The SMILES string of the molecule is C=C1/C(=C\C=C2/CCC[C@]3(C)[C@@H]([C@H](C)CCCC(C)(C)O)CC[C@@H]23)C[C@@H](O)CC1(C)O. The van der Waals surface area contributed by atoms with E-state index in [1.165, 1.54) is 32.1 Å². The van der Waals surface area contributed by atoms with Gasteiger partial charge in [0.1, 0.15) is 0 Å². The number of fused-ring (bicyclic) bond motifs is 1. The molecule has 6 atom stereocenters. The van der Waals surface area contributed by atoms with Gasteiger partial charge >= 0.3 is 0 Å². The standard InChI is InChI=1S/C28H46O3/c1-19(9-7-15-26(3,4)30)24-13-14-25-21(10-8-16-27(24,25)5)11-12-22-17-23(29)18-28(6,31)20(22)2/h11-12,19,23-25,29-31H,2,7-10,13-18H2,1,3-6H3/b21-11+,22-12-/t19-,23-,24-,25+,27-,28?/m1/s1. The molecular weight excluding hydrogens is 384 g/mol. The molecule has 0 aromatic carbocycles. The molecule has 3 rings (SSSR count). The Morgan fingerprint density at radius 3 is 2.61 bits per heavy atom. The number of aliphatic hydroxyl groups excluding tert-OH is 1. The number of hydrogen-bond acceptors (Lipinski definition) is 3. The predicted molar refractivity (Wildman–Crippen MR) is 129 cm³/mol. The lowest BCUT2D eigenvalue weighted by Gasteiger charge is -2.44. The molecule has 3 nitrogen and oxygen atoms in total. The van der Waals surface area contributed by atoms with Crippen molar-refractivity contribution in [2.24, 2.45) is 23.2 Å². The normalized spacial score (nSPS) is 40.4. The summed E-state index contributed by atoms with van der Waals surface area (Å²) in [5.74, 6) is 2.09. The van der Waals surface area contributed by atoms with Crippen LogP contribution in [0, 0.1) is 23.2 Å². The highest BCUT2D eigenvalue weighted by Crippen LogP contribution is 2.60. The number of rotatable bonds is 6. The average molecular weight is 431 g/mol. The molecule has 0 saturated heterocycles. The summed E-state index contributed by atoms with van der Waals surface area (Å²) >= 11 is 0. The second kappa shape index (κ2) is 9.15. The van der Waals surface area contributed by atoms with Crippen molar-refractivity contribution < 1.29 is 15.3 Å². The maximum absolute atomic E-state index is 10.6. The van der Waals surface area contributed by atoms with Gasteiger partial charge in [0, 0.05) is 6.42 Å². The monoisotopic (exact) mass is 430 g/mol. The zero-order valence-corrected chi connectivity index (χ0v) is 20.6. The van der Waals surface area contributed by atoms with Crippen LogP contribution in [0.25, 0.3) is 0 Å². The molecule has 3 aliphatic rings. The van der Waals surface area contributed by atoms with Crippen LogP contribution in [0.1, 0.15) is 98.8 Å². The molecule has 1 unspecified atom stereocenters. The molecule has 0 aliphatic heterocycles. The first-order valence-electron chi connectivity index (χ1n) is 12.6. The van der Waals surface area contributed by atoms with E-state index < -0.39 is 17.3 Å². The minimum atomic E-state index is -1.01. The summed E-state index contributed by atoms with van der Waals surface area (Å²) in [7, 11) is 0. The van der Waals surface area contributed by atoms with E-state index >= 15 is 0 Å². The summed E-state index contributed by atoms with van der Waals surface area (Å²) in [6.45, 7) is 14.7. The van der Waals surface area contributed by atoms with Gasteiger partial charge in [-0.3, -0.25) is 0 Å². The maximum atomic E-state index is 10.6. The highest BCUT2D eigenvalue weighted by Gasteiger charge is 2.50. The molecule has 176 valence electrons. The molecule has 3 N–H and O–H groups in total. The van der Waals surface area contributed by atoms with Gasteiger partial charge in [-0.15, -0.1) is 0 Å². The van der Waals surface area contributed by atoms with Crippen molar-refractivity contribution in [3.63, 3.8) is 0 Å². The topological polar surface area (TPSA) is 60.7 Å². The minimum Gasteiger partial charge on any atom is -0.393 e. The molecule has 0 aromatic heterocycles. The molecule has 31 heavy (non-hydrogen) atoms. The Bertz CT molecular complexity index is 723. The first kappa shape index (κ1) is 24.7. The fraction of sp³-hybridized carbons (Fsp3) is 0.786. The average Bonchev–Trinajstić information content (AvgIpc) is 2.99. The quantitative estimate of drug-likeness (QED) is 0.477. The summed E-state index contributed by atoms with van der Waals surface area (Å²) in [6, 6.07) is 0. The van der Waals surface area contributed by atoms with Crippen LogP contribution in [0.3, 0.4) is 0 Å². The number of aliphatic hydroxyl groups is 3. The maximum Gasteiger partial charge on any atom is 0.0890 e. The van der Waals surface area contributed by atoms with Gasteiger partial charge in [0.15, 0.2) is 0 Å². The first-order chi connectivity index (χ1) is 14.3. The summed E-state index contributed by atoms with van der Waals surface area (Å²) in [5, 5.41) is 30.8. The molecule has 3 fully saturated rings. The van der Waals surface area contributed by atoms with E-state index in [9.17, 15) is 15.3 Å². The Kier molecular flexibility index (Phi) is 7.30. The van der Waals surface area contributed by atoms with Gasteiger partial charge in [0.25, 0.3) is 0 Å². The van der Waals surface area contributed by atoms with E-state index in [0.29, 0.717) is 30.1 Å². The van der Waals surface area contributed by atoms with Crippen LogP contribution >= 0.6 is 0 Å². The zero-order valence-electron chi connectivity index (χ0n) is 20.6. The van der Waals surface area contributed by atoms with Crippen LogP contribution in [0.15, 0.2) is 35.5 Å². The van der Waals surface area contributed by atoms with Gasteiger partial charge < -0.3 is 15.3 Å². The van der Waals surface area contributed by atoms with Gasteiger partial charge in [-0.05, 0) is 100 Å². The van der Waals surface area contributed by atoms with Crippen molar-refractivity contribution in [3.05, 3.63) is 35.5 Å². The van der Waals surface area contributed by atoms with Crippen molar-refractivity contribution in [3.8, 4) is 0 Å². The molecule has 0 heterocycles. The van der Waals surface area contributed by atoms with Gasteiger partial charge in [-0.2, -0.15) is 0 Å². The van der Waals surface area contributed by atoms with Gasteiger partial charge in [-0.1, -0.05) is 51.0 Å². The summed E-state index contributed by atoms with van der Waals surface area (Å²) in [4.78, 5) is 0. The van der Waals surface area contributed by atoms with Crippen LogP contribution in [0.4, 0.5) is 0 Å². The smallest absolute Gasteiger partial charge is 0.0890 e. The summed E-state index contributed by atoms with van der Waals surface area (Å²) < 4.78 is 0. The Morgan fingerprint density at radius 2 is 1.94 bits per heavy atom. The Hall–Kier alpha value is -0.900. The van der Waals surface area contributed by atoms with E-state index in [1.807, 2.05) is 13.8 Å². The fourth-order valence-corrected chi connectivity index (χ4v) is 7.03. The molecule has 3 saturated carbocycles. The third-order valence-electron chi connectivity index (χ3n) is 8.80. The van der Waals surface area contributed by atoms with Crippen molar-refractivity contribution >= 4 is 0 Å². The molecule has 3 heteroatoms. The van der Waals surface area contributed by atoms with Gasteiger partial charge in [0.05, 0.1) is 17.3 Å². The molecule has 0 aromatic rings. The minimum absolute atomic E-state index is 0.366. The predicted octanol–water partition coefficient (Wildman–Crippen LogP) is 6.09. The van der Waals surface area contributed by atoms with E-state index in [2.05, 4.69) is 32.6 Å². The molecule has 0 spiro atoms. The summed E-state index contributed by atoms with van der Waals surface area (Å²) in [6.07, 6.45) is 14.4. The van der Waals surface area contributed by atoms with Crippen molar-refractivity contribution in [2.75, 3.05) is 0 Å². The zero-order chi connectivity index (χ0) is 23.0. The number of hydrogen-bond donors (Lipinski definition) is 3. The van der Waals surface area contributed by atoms with Crippen LogP contribution in [0.5, 0.6) is 0 Å². The lowest BCUT2D eigenvalue weighted by atomic mass is 9.60. The first-order valence-corrected chi connectivity index (χ1v) is 12.6. The third-order valence-corrected chi connectivity index (χ3v) is 8.80. The second-order valence-electron chi connectivity index (χ2n) is 12.0. The Morgan fingerprint density at radius 1 is 1.23 bits per heavy atom. The molecular formula is C28H46O3. The highest BCUT2D eigenvalue weighted by atomic mass is 16.3. The molecule has 0 radical (unpaired) electrons. The fourth-order valence-electron chi connectivity index (χ4n) is 7.03.